The number of aryl methyl sites for hydroxylation is 1. The van der Waals surface area contributed by atoms with E-state index < -0.39 is 10.2 Å². The molecule has 0 bridgehead atoms. The largest absolute Gasteiger partial charge is 0.343 e. The van der Waals surface area contributed by atoms with E-state index in [4.69, 9.17) is 0 Å². The van der Waals surface area contributed by atoms with Gasteiger partial charge in [0.1, 0.15) is 11.5 Å². The predicted octanol–water partition coefficient (Wildman–Crippen LogP) is 1.51. The van der Waals surface area contributed by atoms with E-state index in [1.165, 1.54) is 8.61 Å². The standard InChI is InChI=1S/C15H22N6O2S/c1-11-10-12(14-16-7-8-17-14)19-15(18-11)13-6-4-5-9-21(13)24(22,23)20(2)3/h7-8,10,13H,4-6,9H2,1-3H3,(H,16,17)/t13-/m1/s1. The molecule has 130 valence electrons. The topological polar surface area (TPSA) is 95.1 Å². The van der Waals surface area contributed by atoms with Crippen LogP contribution in [-0.2, 0) is 10.2 Å². The van der Waals surface area contributed by atoms with Crippen molar-refractivity contribution in [2.24, 2.45) is 0 Å². The van der Waals surface area contributed by atoms with Crippen LogP contribution in [0.4, 0.5) is 0 Å². The molecule has 3 heterocycles. The van der Waals surface area contributed by atoms with Crippen molar-refractivity contribution in [1.82, 2.24) is 28.5 Å². The second-order valence-corrected chi connectivity index (χ2v) is 8.20. The van der Waals surface area contributed by atoms with Gasteiger partial charge in [-0.05, 0) is 25.8 Å². The van der Waals surface area contributed by atoms with Crippen LogP contribution in [0.5, 0.6) is 0 Å². The Labute approximate surface area is 142 Å². The fraction of sp³-hybridized carbons (Fsp3) is 0.533. The zero-order valence-electron chi connectivity index (χ0n) is 14.1. The molecule has 0 saturated carbocycles. The molecular formula is C15H22N6O2S. The Balaban J connectivity index is 2.03. The zero-order valence-corrected chi connectivity index (χ0v) is 14.9. The summed E-state index contributed by atoms with van der Waals surface area (Å²) in [5.74, 6) is 1.19. The predicted molar refractivity (Wildman–Crippen MR) is 90.3 cm³/mol. The first kappa shape index (κ1) is 17.0. The average Bonchev–Trinajstić information content (AvgIpc) is 3.08. The number of hydrogen-bond donors (Lipinski definition) is 1. The summed E-state index contributed by atoms with van der Waals surface area (Å²) in [6.07, 6.45) is 5.91. The average molecular weight is 350 g/mol. The van der Waals surface area contributed by atoms with E-state index in [9.17, 15) is 8.42 Å². The molecule has 0 spiro atoms. The SMILES string of the molecule is Cc1cc(-c2ncc[nH]2)nc([C@H]2CCCCN2S(=O)(=O)N(C)C)n1. The third kappa shape index (κ3) is 3.19. The maximum atomic E-state index is 12.6. The molecule has 0 amide bonds. The molecule has 0 aromatic carbocycles. The molecule has 1 aliphatic rings. The minimum atomic E-state index is -3.51. The van der Waals surface area contributed by atoms with Crippen molar-refractivity contribution in [2.75, 3.05) is 20.6 Å². The molecule has 9 heteroatoms. The first-order valence-electron chi connectivity index (χ1n) is 7.94. The summed E-state index contributed by atoms with van der Waals surface area (Å²) in [6, 6.07) is 1.50. The van der Waals surface area contributed by atoms with Gasteiger partial charge in [0, 0.05) is 38.7 Å². The number of aromatic amines is 1. The lowest BCUT2D eigenvalue weighted by Crippen LogP contribution is -2.45. The highest BCUT2D eigenvalue weighted by molar-refractivity contribution is 7.86. The fourth-order valence-corrected chi connectivity index (χ4v) is 4.22. The second-order valence-electron chi connectivity index (χ2n) is 6.10. The van der Waals surface area contributed by atoms with Gasteiger partial charge in [0.05, 0.1) is 6.04 Å². The number of nitrogens with zero attached hydrogens (tertiary/aromatic N) is 5. The fourth-order valence-electron chi connectivity index (χ4n) is 2.92. The summed E-state index contributed by atoms with van der Waals surface area (Å²) in [6.45, 7) is 2.36. The van der Waals surface area contributed by atoms with Crippen LogP contribution in [0.15, 0.2) is 18.5 Å². The molecule has 24 heavy (non-hydrogen) atoms. The summed E-state index contributed by atoms with van der Waals surface area (Å²) in [4.78, 5) is 16.4. The summed E-state index contributed by atoms with van der Waals surface area (Å²) < 4.78 is 28.0. The molecule has 0 radical (unpaired) electrons. The van der Waals surface area contributed by atoms with Crippen LogP contribution in [0.3, 0.4) is 0 Å². The van der Waals surface area contributed by atoms with Crippen LogP contribution in [0.2, 0.25) is 0 Å². The van der Waals surface area contributed by atoms with E-state index in [0.717, 1.165) is 18.5 Å². The molecule has 1 aliphatic heterocycles. The van der Waals surface area contributed by atoms with Crippen LogP contribution in [0, 0.1) is 6.92 Å². The van der Waals surface area contributed by atoms with Crippen molar-refractivity contribution in [3.8, 4) is 11.5 Å². The molecule has 2 aromatic heterocycles. The number of rotatable bonds is 4. The van der Waals surface area contributed by atoms with E-state index in [2.05, 4.69) is 19.9 Å². The molecule has 0 aliphatic carbocycles. The molecular weight excluding hydrogens is 328 g/mol. The number of piperidine rings is 1. The van der Waals surface area contributed by atoms with Crippen LogP contribution < -0.4 is 0 Å². The number of imidazole rings is 1. The Morgan fingerprint density at radius 1 is 1.29 bits per heavy atom. The van der Waals surface area contributed by atoms with Gasteiger partial charge >= 0.3 is 0 Å². The third-order valence-corrected chi connectivity index (χ3v) is 6.07. The minimum Gasteiger partial charge on any atom is -0.343 e. The molecule has 2 aromatic rings. The van der Waals surface area contributed by atoms with Gasteiger partial charge in [-0.2, -0.15) is 17.0 Å². The van der Waals surface area contributed by atoms with Crippen LogP contribution in [0.1, 0.15) is 36.8 Å². The second kappa shape index (κ2) is 6.58. The van der Waals surface area contributed by atoms with Crippen LogP contribution in [-0.4, -0.2) is 57.6 Å². The van der Waals surface area contributed by atoms with Gasteiger partial charge < -0.3 is 4.98 Å². The molecule has 1 N–H and O–H groups in total. The Kier molecular flexibility index (Phi) is 4.66. The van der Waals surface area contributed by atoms with Crippen molar-refractivity contribution in [1.29, 1.82) is 0 Å². The van der Waals surface area contributed by atoms with Gasteiger partial charge in [-0.3, -0.25) is 0 Å². The normalized spacial score (nSPS) is 19.8. The summed E-state index contributed by atoms with van der Waals surface area (Å²) in [5, 5.41) is 0. The number of aromatic nitrogens is 4. The lowest BCUT2D eigenvalue weighted by Gasteiger charge is -2.35. The van der Waals surface area contributed by atoms with E-state index in [-0.39, 0.29) is 6.04 Å². The number of H-pyrrole nitrogens is 1. The maximum absolute atomic E-state index is 12.6. The van der Waals surface area contributed by atoms with Gasteiger partial charge in [-0.1, -0.05) is 6.42 Å². The highest BCUT2D eigenvalue weighted by atomic mass is 32.2. The van der Waals surface area contributed by atoms with Crippen molar-refractivity contribution >= 4 is 10.2 Å². The van der Waals surface area contributed by atoms with Gasteiger partial charge in [0.25, 0.3) is 10.2 Å². The quantitative estimate of drug-likeness (QED) is 0.902. The van der Waals surface area contributed by atoms with Crippen molar-refractivity contribution < 1.29 is 8.42 Å². The summed E-state index contributed by atoms with van der Waals surface area (Å²) in [5.41, 5.74) is 1.47. The summed E-state index contributed by atoms with van der Waals surface area (Å²) >= 11 is 0. The van der Waals surface area contributed by atoms with Gasteiger partial charge in [-0.25, -0.2) is 15.0 Å². The summed E-state index contributed by atoms with van der Waals surface area (Å²) in [7, 11) is -0.418. The number of hydrogen-bond acceptors (Lipinski definition) is 5. The highest BCUT2D eigenvalue weighted by Gasteiger charge is 2.36. The maximum Gasteiger partial charge on any atom is 0.282 e. The van der Waals surface area contributed by atoms with Gasteiger partial charge in [0.15, 0.2) is 5.82 Å². The lowest BCUT2D eigenvalue weighted by molar-refractivity contribution is 0.234. The number of nitrogens with one attached hydrogen (secondary N) is 1. The monoisotopic (exact) mass is 350 g/mol. The molecule has 1 atom stereocenters. The van der Waals surface area contributed by atoms with Crippen molar-refractivity contribution in [3.05, 3.63) is 30.0 Å². The first-order chi connectivity index (χ1) is 11.4. The molecule has 0 unspecified atom stereocenters. The van der Waals surface area contributed by atoms with E-state index >= 15 is 0 Å². The molecule has 8 nitrogen and oxygen atoms in total. The Morgan fingerprint density at radius 3 is 2.75 bits per heavy atom. The van der Waals surface area contributed by atoms with Gasteiger partial charge in [-0.15, -0.1) is 0 Å². The molecule has 3 rings (SSSR count). The first-order valence-corrected chi connectivity index (χ1v) is 9.34. The minimum absolute atomic E-state index is 0.347. The third-order valence-electron chi connectivity index (χ3n) is 4.12. The van der Waals surface area contributed by atoms with Crippen LogP contribution in [0.25, 0.3) is 11.5 Å². The van der Waals surface area contributed by atoms with E-state index in [1.807, 2.05) is 13.0 Å². The highest BCUT2D eigenvalue weighted by Crippen LogP contribution is 2.32. The van der Waals surface area contributed by atoms with Crippen molar-refractivity contribution in [2.45, 2.75) is 32.2 Å². The zero-order chi connectivity index (χ0) is 17.3. The van der Waals surface area contributed by atoms with Crippen molar-refractivity contribution in [3.63, 3.8) is 0 Å². The Bertz CT molecular complexity index is 803. The Hall–Kier alpha value is -1.84. The Morgan fingerprint density at radius 2 is 2.08 bits per heavy atom. The smallest absolute Gasteiger partial charge is 0.282 e. The molecule has 1 saturated heterocycles. The van der Waals surface area contributed by atoms with E-state index in [1.54, 1.807) is 26.5 Å². The van der Waals surface area contributed by atoms with Gasteiger partial charge in [0.2, 0.25) is 0 Å². The van der Waals surface area contributed by atoms with Crippen LogP contribution >= 0.6 is 0 Å². The van der Waals surface area contributed by atoms with E-state index in [0.29, 0.717) is 30.3 Å². The molecule has 1 fully saturated rings. The lowest BCUT2D eigenvalue weighted by atomic mass is 10.0.